The third-order valence-electron chi connectivity index (χ3n) is 5.34. The highest BCUT2D eigenvalue weighted by atomic mass is 79.9. The molecule has 2 fully saturated rings. The van der Waals surface area contributed by atoms with Crippen LogP contribution in [0.1, 0.15) is 19.8 Å². The lowest BCUT2D eigenvalue weighted by molar-refractivity contribution is -0.134. The second-order valence-corrected chi connectivity index (χ2v) is 10.5. The monoisotopic (exact) mass is 477 g/mol. The van der Waals surface area contributed by atoms with Gasteiger partial charge < -0.3 is 4.90 Å². The second-order valence-electron chi connectivity index (χ2n) is 7.32. The Morgan fingerprint density at radius 3 is 2.37 bits per heavy atom. The van der Waals surface area contributed by atoms with E-state index in [1.165, 1.54) is 10.4 Å². The van der Waals surface area contributed by atoms with E-state index in [0.717, 1.165) is 30.4 Å². The number of piperazine rings is 1. The fraction of sp³-hybridized carbons (Fsp3) is 0.611. The van der Waals surface area contributed by atoms with Crippen molar-refractivity contribution in [1.29, 1.82) is 0 Å². The average Bonchev–Trinajstić information content (AvgIpc) is 2.62. The van der Waals surface area contributed by atoms with Crippen molar-refractivity contribution in [3.05, 3.63) is 27.7 Å². The molecule has 2 aliphatic heterocycles. The highest BCUT2D eigenvalue weighted by Gasteiger charge is 2.31. The average molecular weight is 479 g/mol. The number of likely N-dealkylation sites (tertiary alicyclic amines) is 1. The number of hydrogen-bond acceptors (Lipinski definition) is 4. The number of amides is 1. The minimum Gasteiger partial charge on any atom is -0.342 e. The highest BCUT2D eigenvalue weighted by molar-refractivity contribution is 9.10. The largest absolute Gasteiger partial charge is 0.342 e. The molecule has 2 heterocycles. The van der Waals surface area contributed by atoms with E-state index in [1.54, 1.807) is 12.1 Å². The van der Waals surface area contributed by atoms with Crippen LogP contribution in [0.5, 0.6) is 0 Å². The number of halogens is 2. The normalized spacial score (nSPS) is 20.8. The molecule has 1 amide bonds. The summed E-state index contributed by atoms with van der Waals surface area (Å²) in [5.41, 5.74) is 0. The molecule has 0 saturated carbocycles. The Hall–Kier alpha value is -0.670. The molecule has 6 nitrogen and oxygen atoms in total. The molecule has 150 valence electrons. The predicted octanol–water partition coefficient (Wildman–Crippen LogP) is 2.67. The zero-order chi connectivity index (χ0) is 19.6. The zero-order valence-electron chi connectivity index (χ0n) is 15.4. The lowest BCUT2D eigenvalue weighted by Gasteiger charge is -2.36. The van der Waals surface area contributed by atoms with Crippen LogP contribution in [0.3, 0.4) is 0 Å². The maximum Gasteiger partial charge on any atom is 0.244 e. The van der Waals surface area contributed by atoms with Gasteiger partial charge in [0.05, 0.1) is 11.6 Å². The van der Waals surface area contributed by atoms with Crippen LogP contribution in [0.2, 0.25) is 5.02 Å². The summed E-state index contributed by atoms with van der Waals surface area (Å²) in [5.74, 6) is 0.836. The number of carbonyl (C=O) groups is 1. The number of rotatable bonds is 4. The molecule has 0 N–H and O–H groups in total. The highest BCUT2D eigenvalue weighted by Crippen LogP contribution is 2.28. The molecule has 0 aromatic heterocycles. The third kappa shape index (κ3) is 5.03. The molecule has 0 aliphatic carbocycles. The van der Waals surface area contributed by atoms with Gasteiger partial charge in [-0.2, -0.15) is 4.31 Å². The van der Waals surface area contributed by atoms with Gasteiger partial charge in [0.15, 0.2) is 0 Å². The Kier molecular flexibility index (Phi) is 6.84. The molecule has 0 radical (unpaired) electrons. The number of piperidine rings is 1. The first-order valence-electron chi connectivity index (χ1n) is 9.22. The molecule has 2 aliphatic rings. The van der Waals surface area contributed by atoms with E-state index in [1.807, 2.05) is 9.80 Å². The van der Waals surface area contributed by atoms with Gasteiger partial charge in [0.25, 0.3) is 0 Å². The van der Waals surface area contributed by atoms with Gasteiger partial charge in [-0.3, -0.25) is 9.69 Å². The van der Waals surface area contributed by atoms with Gasteiger partial charge in [0.1, 0.15) is 4.90 Å². The van der Waals surface area contributed by atoms with Crippen LogP contribution < -0.4 is 0 Å². The maximum atomic E-state index is 12.9. The van der Waals surface area contributed by atoms with E-state index in [9.17, 15) is 13.2 Å². The van der Waals surface area contributed by atoms with E-state index in [4.69, 9.17) is 11.6 Å². The molecule has 0 spiro atoms. The van der Waals surface area contributed by atoms with Gasteiger partial charge in [0, 0.05) is 43.7 Å². The van der Waals surface area contributed by atoms with Crippen molar-refractivity contribution in [2.45, 2.75) is 24.7 Å². The fourth-order valence-corrected chi connectivity index (χ4v) is 5.93. The molecule has 0 unspecified atom stereocenters. The lowest BCUT2D eigenvalue weighted by atomic mass is 9.99. The van der Waals surface area contributed by atoms with Crippen LogP contribution in [0.15, 0.2) is 27.6 Å². The summed E-state index contributed by atoms with van der Waals surface area (Å²) >= 11 is 9.42. The Bertz CT molecular complexity index is 789. The summed E-state index contributed by atoms with van der Waals surface area (Å²) in [6, 6.07) is 4.78. The van der Waals surface area contributed by atoms with Crippen molar-refractivity contribution in [3.63, 3.8) is 0 Å². The summed E-state index contributed by atoms with van der Waals surface area (Å²) in [4.78, 5) is 16.6. The van der Waals surface area contributed by atoms with Crippen molar-refractivity contribution in [2.75, 3.05) is 45.8 Å². The summed E-state index contributed by atoms with van der Waals surface area (Å²) in [5, 5.41) is 0.210. The molecule has 1 aromatic carbocycles. The van der Waals surface area contributed by atoms with E-state index in [0.29, 0.717) is 38.6 Å². The summed E-state index contributed by atoms with van der Waals surface area (Å²) < 4.78 is 27.9. The lowest BCUT2D eigenvalue weighted by Crippen LogP contribution is -2.52. The SMILES string of the molecule is CC1CCN(C(=O)CN2CCN(S(=O)(=O)c3ccc(Br)cc3Cl)CC2)CC1. The summed E-state index contributed by atoms with van der Waals surface area (Å²) in [6.45, 7) is 6.05. The van der Waals surface area contributed by atoms with Crippen molar-refractivity contribution in [1.82, 2.24) is 14.1 Å². The van der Waals surface area contributed by atoms with Crippen LogP contribution in [0.4, 0.5) is 0 Å². The van der Waals surface area contributed by atoms with E-state index in [2.05, 4.69) is 22.9 Å². The van der Waals surface area contributed by atoms with E-state index < -0.39 is 10.0 Å². The van der Waals surface area contributed by atoms with Gasteiger partial charge in [-0.1, -0.05) is 34.5 Å². The van der Waals surface area contributed by atoms with Crippen molar-refractivity contribution in [2.24, 2.45) is 5.92 Å². The first kappa shape index (κ1) is 21.0. The van der Waals surface area contributed by atoms with Crippen LogP contribution >= 0.6 is 27.5 Å². The van der Waals surface area contributed by atoms with Gasteiger partial charge in [0.2, 0.25) is 15.9 Å². The number of nitrogens with zero attached hydrogens (tertiary/aromatic N) is 3. The zero-order valence-corrected chi connectivity index (χ0v) is 18.6. The molecular formula is C18H25BrClN3O3S. The molecule has 27 heavy (non-hydrogen) atoms. The Morgan fingerprint density at radius 2 is 1.78 bits per heavy atom. The van der Waals surface area contributed by atoms with Crippen LogP contribution in [-0.4, -0.2) is 74.2 Å². The van der Waals surface area contributed by atoms with Gasteiger partial charge in [-0.25, -0.2) is 8.42 Å². The standard InChI is InChI=1S/C18H25BrClN3O3S/c1-14-4-6-22(7-5-14)18(24)13-21-8-10-23(11-9-21)27(25,26)17-3-2-15(19)12-16(17)20/h2-3,12,14H,4-11,13H2,1H3. The van der Waals surface area contributed by atoms with Crippen molar-refractivity contribution in [3.8, 4) is 0 Å². The van der Waals surface area contributed by atoms with Gasteiger partial charge >= 0.3 is 0 Å². The van der Waals surface area contributed by atoms with Crippen molar-refractivity contribution >= 4 is 43.5 Å². The second kappa shape index (κ2) is 8.78. The third-order valence-corrected chi connectivity index (χ3v) is 8.21. The summed E-state index contributed by atoms with van der Waals surface area (Å²) in [7, 11) is -3.63. The first-order valence-corrected chi connectivity index (χ1v) is 11.8. The van der Waals surface area contributed by atoms with Gasteiger partial charge in [-0.05, 0) is 37.0 Å². The molecule has 1 aromatic rings. The molecular weight excluding hydrogens is 454 g/mol. The first-order chi connectivity index (χ1) is 12.8. The quantitative estimate of drug-likeness (QED) is 0.667. The number of carbonyl (C=O) groups excluding carboxylic acids is 1. The van der Waals surface area contributed by atoms with Crippen LogP contribution in [0, 0.1) is 5.92 Å². The molecule has 9 heteroatoms. The fourth-order valence-electron chi connectivity index (χ4n) is 3.50. The molecule has 3 rings (SSSR count). The van der Waals surface area contributed by atoms with E-state index in [-0.39, 0.29) is 15.8 Å². The molecule has 2 saturated heterocycles. The summed E-state index contributed by atoms with van der Waals surface area (Å²) in [6.07, 6.45) is 2.12. The Balaban J connectivity index is 1.56. The van der Waals surface area contributed by atoms with E-state index >= 15 is 0 Å². The number of hydrogen-bond donors (Lipinski definition) is 0. The maximum absolute atomic E-state index is 12.9. The Morgan fingerprint density at radius 1 is 1.15 bits per heavy atom. The number of benzene rings is 1. The Labute approximate surface area is 174 Å². The minimum absolute atomic E-state index is 0.124. The predicted molar refractivity (Wildman–Crippen MR) is 109 cm³/mol. The van der Waals surface area contributed by atoms with Gasteiger partial charge in [-0.15, -0.1) is 0 Å². The molecule has 0 atom stereocenters. The smallest absolute Gasteiger partial charge is 0.244 e. The minimum atomic E-state index is -3.63. The van der Waals surface area contributed by atoms with Crippen molar-refractivity contribution < 1.29 is 13.2 Å². The van der Waals surface area contributed by atoms with Crippen LogP contribution in [0.25, 0.3) is 0 Å². The topological polar surface area (TPSA) is 60.9 Å². The number of sulfonamides is 1. The molecule has 0 bridgehead atoms. The van der Waals surface area contributed by atoms with Crippen LogP contribution in [-0.2, 0) is 14.8 Å².